The summed E-state index contributed by atoms with van der Waals surface area (Å²) in [7, 11) is 4.86. The third-order valence-electron chi connectivity index (χ3n) is 3.70. The highest BCUT2D eigenvalue weighted by Gasteiger charge is 2.25. The van der Waals surface area contributed by atoms with Gasteiger partial charge in [-0.2, -0.15) is 0 Å². The van der Waals surface area contributed by atoms with E-state index in [1.54, 1.807) is 21.3 Å². The Morgan fingerprint density at radius 2 is 1.85 bits per heavy atom. The van der Waals surface area contributed by atoms with Gasteiger partial charge < -0.3 is 25.3 Å². The fraction of sp³-hybridized carbons (Fsp3) is 0.600. The third-order valence-corrected chi connectivity index (χ3v) is 3.70. The van der Waals surface area contributed by atoms with Crippen LogP contribution in [0.2, 0.25) is 0 Å². The van der Waals surface area contributed by atoms with Crippen LogP contribution in [0.25, 0.3) is 0 Å². The van der Waals surface area contributed by atoms with E-state index in [0.717, 1.165) is 18.0 Å². The summed E-state index contributed by atoms with van der Waals surface area (Å²) < 4.78 is 16.2. The van der Waals surface area contributed by atoms with E-state index >= 15 is 0 Å². The van der Waals surface area contributed by atoms with Crippen molar-refractivity contribution in [1.29, 1.82) is 0 Å². The lowest BCUT2D eigenvalue weighted by Crippen LogP contribution is -2.30. The minimum absolute atomic E-state index is 0.0605. The van der Waals surface area contributed by atoms with Crippen molar-refractivity contribution in [2.24, 2.45) is 11.7 Å². The van der Waals surface area contributed by atoms with E-state index in [2.05, 4.69) is 5.32 Å². The highest BCUT2D eigenvalue weighted by Crippen LogP contribution is 2.42. The Hall–Kier alpha value is -1.46. The molecule has 0 aliphatic heterocycles. The maximum atomic E-state index is 5.91. The number of ether oxygens (including phenoxy) is 3. The van der Waals surface area contributed by atoms with Crippen LogP contribution in [-0.2, 0) is 0 Å². The number of hydrogen-bond donors (Lipinski definition) is 2. The van der Waals surface area contributed by atoms with E-state index in [4.69, 9.17) is 19.9 Å². The molecule has 1 aromatic carbocycles. The third kappa shape index (κ3) is 3.16. The zero-order valence-corrected chi connectivity index (χ0v) is 12.4. The first-order chi connectivity index (χ1) is 9.74. The summed E-state index contributed by atoms with van der Waals surface area (Å²) in [6, 6.07) is 3.93. The van der Waals surface area contributed by atoms with Gasteiger partial charge in [-0.1, -0.05) is 0 Å². The number of nitrogens with one attached hydrogen (secondary N) is 1. The number of rotatable bonds is 8. The molecule has 1 fully saturated rings. The van der Waals surface area contributed by atoms with Gasteiger partial charge in [-0.25, -0.2) is 0 Å². The van der Waals surface area contributed by atoms with Gasteiger partial charge in [0.25, 0.3) is 0 Å². The molecule has 5 nitrogen and oxygen atoms in total. The van der Waals surface area contributed by atoms with Gasteiger partial charge in [0.05, 0.1) is 21.3 Å². The summed E-state index contributed by atoms with van der Waals surface area (Å²) >= 11 is 0. The van der Waals surface area contributed by atoms with Gasteiger partial charge in [0.15, 0.2) is 11.5 Å². The molecule has 0 bridgehead atoms. The Morgan fingerprint density at radius 1 is 1.15 bits per heavy atom. The van der Waals surface area contributed by atoms with Gasteiger partial charge in [-0.15, -0.1) is 0 Å². The molecule has 1 atom stereocenters. The van der Waals surface area contributed by atoms with Gasteiger partial charge in [0.1, 0.15) is 0 Å². The smallest absolute Gasteiger partial charge is 0.203 e. The molecule has 1 saturated carbocycles. The molecule has 5 heteroatoms. The predicted molar refractivity (Wildman–Crippen MR) is 78.6 cm³/mol. The normalized spacial score (nSPS) is 15.8. The number of benzene rings is 1. The van der Waals surface area contributed by atoms with Crippen molar-refractivity contribution in [3.63, 3.8) is 0 Å². The Labute approximate surface area is 120 Å². The van der Waals surface area contributed by atoms with Gasteiger partial charge in [0, 0.05) is 18.2 Å². The second kappa shape index (κ2) is 6.81. The molecule has 0 aromatic heterocycles. The molecule has 3 N–H and O–H groups in total. The molecule has 112 valence electrons. The monoisotopic (exact) mass is 280 g/mol. The van der Waals surface area contributed by atoms with Crippen molar-refractivity contribution in [3.05, 3.63) is 17.7 Å². The average molecular weight is 280 g/mol. The van der Waals surface area contributed by atoms with Gasteiger partial charge in [-0.3, -0.25) is 0 Å². The molecule has 1 aromatic rings. The molecule has 0 spiro atoms. The predicted octanol–water partition coefficient (Wildman–Crippen LogP) is 1.71. The fourth-order valence-corrected chi connectivity index (χ4v) is 2.35. The average Bonchev–Trinajstić information content (AvgIpc) is 3.31. The maximum absolute atomic E-state index is 5.91. The Balaban J connectivity index is 2.27. The molecule has 0 heterocycles. The highest BCUT2D eigenvalue weighted by molar-refractivity contribution is 5.56. The van der Waals surface area contributed by atoms with Crippen LogP contribution in [0.5, 0.6) is 17.2 Å². The van der Waals surface area contributed by atoms with E-state index in [9.17, 15) is 0 Å². The van der Waals surface area contributed by atoms with E-state index in [1.807, 2.05) is 12.1 Å². The van der Waals surface area contributed by atoms with Crippen LogP contribution >= 0.6 is 0 Å². The number of hydrogen-bond acceptors (Lipinski definition) is 5. The second-order valence-electron chi connectivity index (χ2n) is 5.06. The Kier molecular flexibility index (Phi) is 5.09. The number of methoxy groups -OCH3 is 3. The van der Waals surface area contributed by atoms with Crippen LogP contribution in [0.3, 0.4) is 0 Å². The lowest BCUT2D eigenvalue weighted by atomic mass is 10.0. The summed E-state index contributed by atoms with van der Waals surface area (Å²) in [5.41, 5.74) is 6.91. The highest BCUT2D eigenvalue weighted by atomic mass is 16.5. The standard InChI is InChI=1S/C15H24N2O3/c1-18-13-7-6-11(14(19-2)15(13)20-3)12(8-16)17-9-10-4-5-10/h6-7,10,12,17H,4-5,8-9,16H2,1-3H3. The van der Waals surface area contributed by atoms with Crippen molar-refractivity contribution in [2.75, 3.05) is 34.4 Å². The molecule has 1 unspecified atom stereocenters. The van der Waals surface area contributed by atoms with Crippen LogP contribution in [0.4, 0.5) is 0 Å². The topological polar surface area (TPSA) is 65.7 Å². The largest absolute Gasteiger partial charge is 0.493 e. The first kappa shape index (κ1) is 14.9. The van der Waals surface area contributed by atoms with Gasteiger partial charge in [-0.05, 0) is 37.4 Å². The summed E-state index contributed by atoms with van der Waals surface area (Å²) in [6.07, 6.45) is 2.63. The van der Waals surface area contributed by atoms with Crippen LogP contribution in [0.1, 0.15) is 24.4 Å². The van der Waals surface area contributed by atoms with E-state index < -0.39 is 0 Å². The summed E-state index contributed by atoms with van der Waals surface area (Å²) in [5, 5.41) is 3.51. The SMILES string of the molecule is COc1ccc(C(CN)NCC2CC2)c(OC)c1OC. The van der Waals surface area contributed by atoms with Crippen LogP contribution in [-0.4, -0.2) is 34.4 Å². The Bertz CT molecular complexity index is 447. The molecule has 0 saturated heterocycles. The molecule has 2 rings (SSSR count). The molecular formula is C15H24N2O3. The summed E-state index contributed by atoms with van der Waals surface area (Å²) in [5.74, 6) is 2.76. The molecule has 1 aliphatic rings. The minimum atomic E-state index is 0.0605. The Morgan fingerprint density at radius 3 is 2.35 bits per heavy atom. The van der Waals surface area contributed by atoms with E-state index in [1.165, 1.54) is 12.8 Å². The van der Waals surface area contributed by atoms with E-state index in [-0.39, 0.29) is 6.04 Å². The van der Waals surface area contributed by atoms with Crippen molar-refractivity contribution in [3.8, 4) is 17.2 Å². The van der Waals surface area contributed by atoms with Crippen LogP contribution < -0.4 is 25.3 Å². The minimum Gasteiger partial charge on any atom is -0.493 e. The lowest BCUT2D eigenvalue weighted by Gasteiger charge is -2.22. The molecular weight excluding hydrogens is 256 g/mol. The van der Waals surface area contributed by atoms with Crippen molar-refractivity contribution in [2.45, 2.75) is 18.9 Å². The number of nitrogens with two attached hydrogens (primary N) is 1. The zero-order valence-electron chi connectivity index (χ0n) is 12.4. The molecule has 1 aliphatic carbocycles. The van der Waals surface area contributed by atoms with E-state index in [0.29, 0.717) is 23.8 Å². The van der Waals surface area contributed by atoms with Gasteiger partial charge >= 0.3 is 0 Å². The zero-order chi connectivity index (χ0) is 14.5. The lowest BCUT2D eigenvalue weighted by molar-refractivity contribution is 0.319. The maximum Gasteiger partial charge on any atom is 0.203 e. The van der Waals surface area contributed by atoms with Crippen molar-refractivity contribution in [1.82, 2.24) is 5.32 Å². The second-order valence-corrected chi connectivity index (χ2v) is 5.06. The fourth-order valence-electron chi connectivity index (χ4n) is 2.35. The molecule has 20 heavy (non-hydrogen) atoms. The molecule has 0 radical (unpaired) electrons. The summed E-state index contributed by atoms with van der Waals surface area (Å²) in [6.45, 7) is 1.51. The first-order valence-electron chi connectivity index (χ1n) is 6.97. The van der Waals surface area contributed by atoms with Crippen LogP contribution in [0.15, 0.2) is 12.1 Å². The van der Waals surface area contributed by atoms with Crippen LogP contribution in [0, 0.1) is 5.92 Å². The summed E-state index contributed by atoms with van der Waals surface area (Å²) in [4.78, 5) is 0. The first-order valence-corrected chi connectivity index (χ1v) is 6.97. The van der Waals surface area contributed by atoms with Crippen molar-refractivity contribution >= 4 is 0 Å². The van der Waals surface area contributed by atoms with Gasteiger partial charge in [0.2, 0.25) is 5.75 Å². The quantitative estimate of drug-likeness (QED) is 0.759. The van der Waals surface area contributed by atoms with Crippen molar-refractivity contribution < 1.29 is 14.2 Å². The molecule has 0 amide bonds.